The van der Waals surface area contributed by atoms with Crippen molar-refractivity contribution < 1.29 is 14.6 Å². The van der Waals surface area contributed by atoms with E-state index in [0.29, 0.717) is 13.0 Å². The average molecular weight is 420 g/mol. The lowest BCUT2D eigenvalue weighted by Gasteiger charge is -2.21. The van der Waals surface area contributed by atoms with E-state index in [2.05, 4.69) is 31.8 Å². The highest BCUT2D eigenvalue weighted by atomic mass is 16.5. The van der Waals surface area contributed by atoms with Crippen molar-refractivity contribution in [1.29, 1.82) is 0 Å². The average Bonchev–Trinajstić information content (AvgIpc) is 2.78. The molecule has 0 spiro atoms. The van der Waals surface area contributed by atoms with Crippen molar-refractivity contribution in [2.75, 3.05) is 11.9 Å². The lowest BCUT2D eigenvalue weighted by molar-refractivity contribution is -0.136. The number of rotatable bonds is 12. The van der Waals surface area contributed by atoms with Crippen LogP contribution in [0.4, 0.5) is 5.69 Å². The van der Waals surface area contributed by atoms with E-state index in [-0.39, 0.29) is 12.5 Å². The van der Waals surface area contributed by atoms with Gasteiger partial charge in [-0.05, 0) is 67.2 Å². The smallest absolute Gasteiger partial charge is 0.303 e. The van der Waals surface area contributed by atoms with E-state index in [9.17, 15) is 4.79 Å². The van der Waals surface area contributed by atoms with Crippen LogP contribution < -0.4 is 10.1 Å². The predicted octanol–water partition coefficient (Wildman–Crippen LogP) is 6.51. The highest BCUT2D eigenvalue weighted by Gasteiger charge is 2.14. The van der Waals surface area contributed by atoms with Crippen molar-refractivity contribution in [2.45, 2.75) is 46.1 Å². The second-order valence-electron chi connectivity index (χ2n) is 7.39. The van der Waals surface area contributed by atoms with Crippen LogP contribution in [-0.2, 0) is 17.6 Å². The number of carboxylic acids is 1. The molecule has 0 aromatic heterocycles. The van der Waals surface area contributed by atoms with Gasteiger partial charge in [0.05, 0.1) is 0 Å². The first-order valence-electron chi connectivity index (χ1n) is 10.7. The quantitative estimate of drug-likeness (QED) is 0.385. The Hall–Kier alpha value is -3.27. The number of carbonyl (C=O) groups is 1. The second kappa shape index (κ2) is 12.4. The lowest BCUT2D eigenvalue weighted by atomic mass is 9.98. The Labute approximate surface area is 186 Å². The van der Waals surface area contributed by atoms with E-state index >= 15 is 0 Å². The Kier molecular flexibility index (Phi) is 9.63. The van der Waals surface area contributed by atoms with Gasteiger partial charge in [-0.25, -0.2) is 0 Å². The first-order valence-corrected chi connectivity index (χ1v) is 10.7. The predicted molar refractivity (Wildman–Crippen MR) is 129 cm³/mol. The summed E-state index contributed by atoms with van der Waals surface area (Å²) in [5.41, 5.74) is 5.44. The van der Waals surface area contributed by atoms with Crippen molar-refractivity contribution in [3.63, 3.8) is 0 Å². The molecule has 0 aliphatic heterocycles. The number of ether oxygens (including phenoxy) is 1. The molecule has 2 rings (SSSR count). The molecule has 0 amide bonds. The van der Waals surface area contributed by atoms with Gasteiger partial charge < -0.3 is 15.2 Å². The molecule has 0 heterocycles. The molecule has 0 aliphatic carbocycles. The fourth-order valence-electron chi connectivity index (χ4n) is 3.40. The normalized spacial score (nSPS) is 12.5. The number of allylic oxidation sites excluding steroid dienone is 3. The van der Waals surface area contributed by atoms with Gasteiger partial charge in [0.15, 0.2) is 0 Å². The highest BCUT2D eigenvalue weighted by Crippen LogP contribution is 2.30. The van der Waals surface area contributed by atoms with Gasteiger partial charge in [0.2, 0.25) is 0 Å². The van der Waals surface area contributed by atoms with E-state index in [1.807, 2.05) is 67.6 Å². The van der Waals surface area contributed by atoms with Crippen LogP contribution in [0, 0.1) is 0 Å². The molecule has 2 N–H and O–H groups in total. The van der Waals surface area contributed by atoms with Crippen molar-refractivity contribution in [3.8, 4) is 5.75 Å². The molecule has 4 heteroatoms. The summed E-state index contributed by atoms with van der Waals surface area (Å²) in [5.74, 6) is 0.119. The monoisotopic (exact) mass is 419 g/mol. The molecule has 164 valence electrons. The number of nitrogens with one attached hydrogen (secondary N) is 1. The summed E-state index contributed by atoms with van der Waals surface area (Å²) in [4.78, 5) is 10.7. The van der Waals surface area contributed by atoms with E-state index in [0.717, 1.165) is 29.0 Å². The molecule has 4 nitrogen and oxygen atoms in total. The minimum absolute atomic E-state index is 0.0980. The third-order valence-electron chi connectivity index (χ3n) is 5.11. The van der Waals surface area contributed by atoms with E-state index in [1.165, 1.54) is 11.1 Å². The van der Waals surface area contributed by atoms with E-state index in [4.69, 9.17) is 9.84 Å². The summed E-state index contributed by atoms with van der Waals surface area (Å²) < 4.78 is 6.13. The fourth-order valence-corrected chi connectivity index (χ4v) is 3.40. The molecule has 0 bridgehead atoms. The molecule has 0 fully saturated rings. The summed E-state index contributed by atoms with van der Waals surface area (Å²) >= 11 is 0. The first kappa shape index (κ1) is 24.0. The maximum absolute atomic E-state index is 10.7. The molecule has 2 aromatic rings. The molecular weight excluding hydrogens is 386 g/mol. The number of carboxylic acid groups (broad SMARTS) is 1. The second-order valence-corrected chi connectivity index (χ2v) is 7.39. The van der Waals surface area contributed by atoms with Crippen LogP contribution in [0.3, 0.4) is 0 Å². The standard InChI is InChI=1S/C27H33NO3/c1-5-8-10-21(6-2)19-31-26-12-9-11-25(24(26)7-3)20(4)28-23-16-13-22(14-17-23)15-18-27(29)30/h5-6,8-14,16-17,20,28H,2,7,15,18-19H2,1,3-4H3,(H,29,30)/b8-5-,21-10+. The van der Waals surface area contributed by atoms with Crippen LogP contribution in [0.2, 0.25) is 0 Å². The minimum atomic E-state index is -0.775. The number of hydrogen-bond acceptors (Lipinski definition) is 3. The maximum Gasteiger partial charge on any atom is 0.303 e. The van der Waals surface area contributed by atoms with Crippen molar-refractivity contribution in [1.82, 2.24) is 0 Å². The molecular formula is C27H33NO3. The molecule has 1 atom stereocenters. The van der Waals surface area contributed by atoms with Crippen LogP contribution in [-0.4, -0.2) is 17.7 Å². The molecule has 0 saturated heterocycles. The van der Waals surface area contributed by atoms with Crippen LogP contribution >= 0.6 is 0 Å². The number of aliphatic carboxylic acids is 1. The Morgan fingerprint density at radius 1 is 1.23 bits per heavy atom. The molecule has 0 saturated carbocycles. The number of aryl methyl sites for hydroxylation is 1. The van der Waals surface area contributed by atoms with Crippen LogP contribution in [0.5, 0.6) is 5.75 Å². The maximum atomic E-state index is 10.7. The van der Waals surface area contributed by atoms with Crippen molar-refractivity contribution in [3.05, 3.63) is 95.6 Å². The molecule has 1 unspecified atom stereocenters. The van der Waals surface area contributed by atoms with E-state index < -0.39 is 5.97 Å². The summed E-state index contributed by atoms with van der Waals surface area (Å²) in [6, 6.07) is 14.2. The first-order chi connectivity index (χ1) is 15.0. The van der Waals surface area contributed by atoms with Gasteiger partial charge in [0, 0.05) is 18.2 Å². The Bertz CT molecular complexity index is 926. The minimum Gasteiger partial charge on any atom is -0.489 e. The zero-order chi connectivity index (χ0) is 22.6. The van der Waals surface area contributed by atoms with Crippen molar-refractivity contribution >= 4 is 11.7 Å². The van der Waals surface area contributed by atoms with E-state index in [1.54, 1.807) is 0 Å². The number of hydrogen-bond donors (Lipinski definition) is 2. The SMILES string of the molecule is C=C/C(=C\C=C/C)COc1cccc(C(C)Nc2ccc(CCC(=O)O)cc2)c1CC. The zero-order valence-electron chi connectivity index (χ0n) is 18.7. The van der Waals surface area contributed by atoms with Gasteiger partial charge in [0.25, 0.3) is 0 Å². The topological polar surface area (TPSA) is 58.6 Å². The Morgan fingerprint density at radius 3 is 2.58 bits per heavy atom. The lowest BCUT2D eigenvalue weighted by Crippen LogP contribution is -2.11. The molecule has 31 heavy (non-hydrogen) atoms. The number of anilines is 1. The summed E-state index contributed by atoms with van der Waals surface area (Å²) in [6.45, 7) is 10.6. The van der Waals surface area contributed by atoms with Gasteiger partial charge in [0.1, 0.15) is 12.4 Å². The van der Waals surface area contributed by atoms with Gasteiger partial charge in [-0.15, -0.1) is 0 Å². The third-order valence-corrected chi connectivity index (χ3v) is 5.11. The summed E-state index contributed by atoms with van der Waals surface area (Å²) in [6.07, 6.45) is 9.34. The van der Waals surface area contributed by atoms with Crippen LogP contribution in [0.1, 0.15) is 49.9 Å². The van der Waals surface area contributed by atoms with Crippen molar-refractivity contribution in [2.24, 2.45) is 0 Å². The molecule has 0 radical (unpaired) electrons. The highest BCUT2D eigenvalue weighted by molar-refractivity contribution is 5.67. The van der Waals surface area contributed by atoms with Crippen LogP contribution in [0.15, 0.2) is 78.9 Å². The van der Waals surface area contributed by atoms with Gasteiger partial charge in [-0.3, -0.25) is 4.79 Å². The van der Waals surface area contributed by atoms with Gasteiger partial charge >= 0.3 is 5.97 Å². The Balaban J connectivity index is 2.12. The Morgan fingerprint density at radius 2 is 1.97 bits per heavy atom. The molecule has 0 aliphatic rings. The van der Waals surface area contributed by atoms with Gasteiger partial charge in [-0.2, -0.15) is 0 Å². The number of benzene rings is 2. The third kappa shape index (κ3) is 7.49. The molecule has 2 aromatic carbocycles. The van der Waals surface area contributed by atoms with Gasteiger partial charge in [-0.1, -0.05) is 62.1 Å². The van der Waals surface area contributed by atoms with Crippen LogP contribution in [0.25, 0.3) is 0 Å². The summed E-state index contributed by atoms with van der Waals surface area (Å²) in [7, 11) is 0. The largest absolute Gasteiger partial charge is 0.489 e. The summed E-state index contributed by atoms with van der Waals surface area (Å²) in [5, 5.41) is 12.4. The fraction of sp³-hybridized carbons (Fsp3) is 0.296. The zero-order valence-corrected chi connectivity index (χ0v) is 18.7.